The van der Waals surface area contributed by atoms with Crippen molar-refractivity contribution in [2.45, 2.75) is 19.1 Å². The third-order valence-corrected chi connectivity index (χ3v) is 3.19. The average molecular weight is 280 g/mol. The van der Waals surface area contributed by atoms with E-state index in [1.165, 1.54) is 0 Å². The van der Waals surface area contributed by atoms with Gasteiger partial charge in [0.15, 0.2) is 0 Å². The quantitative estimate of drug-likeness (QED) is 0.915. The standard InChI is InChI=1S/C14H18ClN3O/c1-10(19-12-6-4-5-11(15)9-12)14(16-2)13-7-8-18(3)17-13/h4-10,14,16H,1-3H3. The van der Waals surface area contributed by atoms with Crippen LogP contribution in [-0.2, 0) is 7.05 Å². The monoisotopic (exact) mass is 279 g/mol. The molecule has 2 atom stereocenters. The van der Waals surface area contributed by atoms with Crippen LogP contribution < -0.4 is 10.1 Å². The van der Waals surface area contributed by atoms with Crippen molar-refractivity contribution in [3.8, 4) is 5.75 Å². The van der Waals surface area contributed by atoms with E-state index in [2.05, 4.69) is 10.4 Å². The van der Waals surface area contributed by atoms with Crippen LogP contribution in [0.4, 0.5) is 0 Å². The molecule has 4 nitrogen and oxygen atoms in total. The summed E-state index contributed by atoms with van der Waals surface area (Å²) in [6.07, 6.45) is 1.87. The molecule has 0 saturated heterocycles. The van der Waals surface area contributed by atoms with Crippen LogP contribution in [0.25, 0.3) is 0 Å². The van der Waals surface area contributed by atoms with Gasteiger partial charge in [-0.25, -0.2) is 0 Å². The van der Waals surface area contributed by atoms with Crippen molar-refractivity contribution in [2.24, 2.45) is 7.05 Å². The van der Waals surface area contributed by atoms with Crippen LogP contribution in [0.2, 0.25) is 5.02 Å². The highest BCUT2D eigenvalue weighted by Crippen LogP contribution is 2.23. The number of nitrogens with one attached hydrogen (secondary N) is 1. The molecule has 1 N–H and O–H groups in total. The number of hydrogen-bond donors (Lipinski definition) is 1. The topological polar surface area (TPSA) is 39.1 Å². The fourth-order valence-corrected chi connectivity index (χ4v) is 2.23. The normalized spacial score (nSPS) is 14.1. The summed E-state index contributed by atoms with van der Waals surface area (Å²) in [5.74, 6) is 0.760. The zero-order chi connectivity index (χ0) is 13.8. The van der Waals surface area contributed by atoms with Gasteiger partial charge in [0.05, 0.1) is 11.7 Å². The van der Waals surface area contributed by atoms with Gasteiger partial charge in [0.25, 0.3) is 0 Å². The summed E-state index contributed by atoms with van der Waals surface area (Å²) >= 11 is 5.95. The van der Waals surface area contributed by atoms with E-state index in [0.717, 1.165) is 11.4 Å². The molecule has 0 radical (unpaired) electrons. The van der Waals surface area contributed by atoms with Crippen LogP contribution >= 0.6 is 11.6 Å². The Labute approximate surface area is 118 Å². The Balaban J connectivity index is 2.11. The molecule has 0 aliphatic heterocycles. The lowest BCUT2D eigenvalue weighted by atomic mass is 10.1. The van der Waals surface area contributed by atoms with Gasteiger partial charge in [0.1, 0.15) is 11.9 Å². The predicted molar refractivity (Wildman–Crippen MR) is 76.6 cm³/mol. The van der Waals surface area contributed by atoms with Crippen LogP contribution in [0, 0.1) is 0 Å². The highest BCUT2D eigenvalue weighted by Gasteiger charge is 2.21. The van der Waals surface area contributed by atoms with E-state index in [1.807, 2.05) is 57.5 Å². The zero-order valence-corrected chi connectivity index (χ0v) is 12.1. The van der Waals surface area contributed by atoms with Gasteiger partial charge in [-0.2, -0.15) is 5.10 Å². The molecular weight excluding hydrogens is 262 g/mol. The minimum Gasteiger partial charge on any atom is -0.489 e. The minimum atomic E-state index is -0.0571. The maximum atomic E-state index is 5.95. The molecule has 2 aromatic rings. The number of aryl methyl sites for hydroxylation is 1. The molecule has 1 aromatic carbocycles. The van der Waals surface area contributed by atoms with E-state index in [9.17, 15) is 0 Å². The summed E-state index contributed by atoms with van der Waals surface area (Å²) < 4.78 is 7.70. The molecule has 102 valence electrons. The van der Waals surface area contributed by atoms with Crippen molar-refractivity contribution in [1.82, 2.24) is 15.1 Å². The molecule has 2 unspecified atom stereocenters. The van der Waals surface area contributed by atoms with Crippen molar-refractivity contribution in [3.63, 3.8) is 0 Å². The number of nitrogens with zero attached hydrogens (tertiary/aromatic N) is 2. The number of hydrogen-bond acceptors (Lipinski definition) is 3. The van der Waals surface area contributed by atoms with Crippen molar-refractivity contribution >= 4 is 11.6 Å². The fraction of sp³-hybridized carbons (Fsp3) is 0.357. The molecule has 0 amide bonds. The van der Waals surface area contributed by atoms with Crippen LogP contribution in [0.15, 0.2) is 36.5 Å². The molecule has 0 spiro atoms. The van der Waals surface area contributed by atoms with Crippen molar-refractivity contribution in [1.29, 1.82) is 0 Å². The summed E-state index contributed by atoms with van der Waals surface area (Å²) in [5.41, 5.74) is 0.958. The second-order valence-electron chi connectivity index (χ2n) is 4.46. The molecule has 19 heavy (non-hydrogen) atoms. The summed E-state index contributed by atoms with van der Waals surface area (Å²) in [6.45, 7) is 2.01. The number of aromatic nitrogens is 2. The third-order valence-electron chi connectivity index (χ3n) is 2.95. The maximum absolute atomic E-state index is 5.95. The highest BCUT2D eigenvalue weighted by atomic mass is 35.5. The molecule has 5 heteroatoms. The second kappa shape index (κ2) is 6.08. The Morgan fingerprint density at radius 2 is 2.16 bits per heavy atom. The summed E-state index contributed by atoms with van der Waals surface area (Å²) in [5, 5.41) is 8.31. The molecule has 0 aliphatic rings. The largest absolute Gasteiger partial charge is 0.489 e. The van der Waals surface area contributed by atoms with Crippen LogP contribution in [-0.4, -0.2) is 22.9 Å². The molecule has 1 heterocycles. The van der Waals surface area contributed by atoms with Gasteiger partial charge < -0.3 is 10.1 Å². The first-order valence-electron chi connectivity index (χ1n) is 6.19. The molecule has 0 fully saturated rings. The Hall–Kier alpha value is -1.52. The summed E-state index contributed by atoms with van der Waals surface area (Å²) in [4.78, 5) is 0. The average Bonchev–Trinajstić information content (AvgIpc) is 2.76. The van der Waals surface area contributed by atoms with Crippen LogP contribution in [0.5, 0.6) is 5.75 Å². The number of ether oxygens (including phenoxy) is 1. The van der Waals surface area contributed by atoms with Gasteiger partial charge in [0, 0.05) is 18.3 Å². The molecular formula is C14H18ClN3O. The third kappa shape index (κ3) is 3.49. The van der Waals surface area contributed by atoms with E-state index in [1.54, 1.807) is 4.68 Å². The van der Waals surface area contributed by atoms with Crippen LogP contribution in [0.1, 0.15) is 18.7 Å². The first-order chi connectivity index (χ1) is 9.10. The Bertz CT molecular complexity index is 541. The Morgan fingerprint density at radius 3 is 2.74 bits per heavy atom. The van der Waals surface area contributed by atoms with Crippen LogP contribution in [0.3, 0.4) is 0 Å². The maximum Gasteiger partial charge on any atom is 0.121 e. The van der Waals surface area contributed by atoms with Gasteiger partial charge in [-0.05, 0) is 38.2 Å². The molecule has 2 rings (SSSR count). The first kappa shape index (κ1) is 13.9. The Morgan fingerprint density at radius 1 is 1.37 bits per heavy atom. The smallest absolute Gasteiger partial charge is 0.121 e. The van der Waals surface area contributed by atoms with Crippen molar-refractivity contribution < 1.29 is 4.74 Å². The van der Waals surface area contributed by atoms with Gasteiger partial charge >= 0.3 is 0 Å². The second-order valence-corrected chi connectivity index (χ2v) is 4.90. The van der Waals surface area contributed by atoms with Gasteiger partial charge in [0.2, 0.25) is 0 Å². The molecule has 0 aliphatic carbocycles. The zero-order valence-electron chi connectivity index (χ0n) is 11.3. The lowest BCUT2D eigenvalue weighted by molar-refractivity contribution is 0.173. The number of halogens is 1. The predicted octanol–water partition coefficient (Wildman–Crippen LogP) is 2.80. The summed E-state index contributed by atoms with van der Waals surface area (Å²) in [6, 6.07) is 9.42. The lowest BCUT2D eigenvalue weighted by Crippen LogP contribution is -2.32. The van der Waals surface area contributed by atoms with Gasteiger partial charge in [-0.3, -0.25) is 4.68 Å². The lowest BCUT2D eigenvalue weighted by Gasteiger charge is -2.23. The van der Waals surface area contributed by atoms with Crippen molar-refractivity contribution in [2.75, 3.05) is 7.05 Å². The van der Waals surface area contributed by atoms with Gasteiger partial charge in [-0.15, -0.1) is 0 Å². The minimum absolute atomic E-state index is 0.0279. The molecule has 0 saturated carbocycles. The van der Waals surface area contributed by atoms with E-state index in [4.69, 9.17) is 16.3 Å². The van der Waals surface area contributed by atoms with E-state index < -0.39 is 0 Å². The van der Waals surface area contributed by atoms with E-state index in [0.29, 0.717) is 5.02 Å². The van der Waals surface area contributed by atoms with Crippen molar-refractivity contribution in [3.05, 3.63) is 47.2 Å². The van der Waals surface area contributed by atoms with Gasteiger partial charge in [-0.1, -0.05) is 17.7 Å². The summed E-state index contributed by atoms with van der Waals surface area (Å²) in [7, 11) is 3.80. The van der Waals surface area contributed by atoms with E-state index in [-0.39, 0.29) is 12.1 Å². The molecule has 0 bridgehead atoms. The SMILES string of the molecule is CNC(c1ccn(C)n1)C(C)Oc1cccc(Cl)c1. The number of benzene rings is 1. The first-order valence-corrected chi connectivity index (χ1v) is 6.57. The number of rotatable bonds is 5. The number of likely N-dealkylation sites (N-methyl/N-ethyl adjacent to an activating group) is 1. The highest BCUT2D eigenvalue weighted by molar-refractivity contribution is 6.30. The molecule has 1 aromatic heterocycles. The Kier molecular flexibility index (Phi) is 4.45. The fourth-order valence-electron chi connectivity index (χ4n) is 2.04. The van der Waals surface area contributed by atoms with E-state index >= 15 is 0 Å².